The topological polar surface area (TPSA) is 97.0 Å². The molecule has 2 heterocycles. The predicted molar refractivity (Wildman–Crippen MR) is 122 cm³/mol. The Hall–Kier alpha value is -3.42. The summed E-state index contributed by atoms with van der Waals surface area (Å²) in [6, 6.07) is 9.07. The standard InChI is InChI=1S/C23H27N5O3/c1-30-20-12-16-18(13-21(20)31-2)25-22(14-3-4-14)26-23(16)28-9-7-27(8-10-28)19-6-5-15(29)11-17(19)24/h5-6,11-14,29H,3-4,7-10,24H2,1-2H3. The average Bonchev–Trinajstić information content (AvgIpc) is 3.63. The maximum absolute atomic E-state index is 9.64. The highest BCUT2D eigenvalue weighted by molar-refractivity contribution is 5.92. The van der Waals surface area contributed by atoms with Crippen molar-refractivity contribution in [2.24, 2.45) is 0 Å². The molecular formula is C23H27N5O3. The van der Waals surface area contributed by atoms with Crippen molar-refractivity contribution in [2.45, 2.75) is 18.8 Å². The van der Waals surface area contributed by atoms with E-state index in [0.29, 0.717) is 23.1 Å². The fourth-order valence-electron chi connectivity index (χ4n) is 4.21. The van der Waals surface area contributed by atoms with Gasteiger partial charge < -0.3 is 30.1 Å². The third-order valence-electron chi connectivity index (χ3n) is 6.07. The number of piperazine rings is 1. The van der Waals surface area contributed by atoms with Gasteiger partial charge in [0.15, 0.2) is 11.5 Å². The number of methoxy groups -OCH3 is 2. The van der Waals surface area contributed by atoms with E-state index in [1.165, 1.54) is 0 Å². The molecule has 31 heavy (non-hydrogen) atoms. The highest BCUT2D eigenvalue weighted by Crippen LogP contribution is 2.42. The van der Waals surface area contributed by atoms with Crippen LogP contribution in [-0.2, 0) is 0 Å². The van der Waals surface area contributed by atoms with Crippen molar-refractivity contribution in [3.8, 4) is 17.2 Å². The second kappa shape index (κ2) is 7.68. The number of rotatable bonds is 5. The molecule has 1 aromatic heterocycles. The smallest absolute Gasteiger partial charge is 0.162 e. The van der Waals surface area contributed by atoms with E-state index in [0.717, 1.165) is 67.3 Å². The van der Waals surface area contributed by atoms with Gasteiger partial charge in [-0.15, -0.1) is 0 Å². The Bertz CT molecular complexity index is 1120. The van der Waals surface area contributed by atoms with Crippen molar-refractivity contribution in [3.05, 3.63) is 36.2 Å². The van der Waals surface area contributed by atoms with Gasteiger partial charge in [0.2, 0.25) is 0 Å². The number of nitrogens with two attached hydrogens (primary N) is 1. The Morgan fingerprint density at radius 1 is 0.935 bits per heavy atom. The SMILES string of the molecule is COc1cc2nc(C3CC3)nc(N3CCN(c4ccc(O)cc4N)CC3)c2cc1OC. The van der Waals surface area contributed by atoms with E-state index >= 15 is 0 Å². The van der Waals surface area contributed by atoms with E-state index in [-0.39, 0.29) is 5.75 Å². The van der Waals surface area contributed by atoms with Crippen molar-refractivity contribution >= 4 is 28.1 Å². The number of benzene rings is 2. The third-order valence-corrected chi connectivity index (χ3v) is 6.07. The molecule has 3 N–H and O–H groups in total. The molecule has 0 radical (unpaired) electrons. The molecule has 1 aliphatic heterocycles. The molecule has 2 aliphatic rings. The molecule has 8 heteroatoms. The average molecular weight is 422 g/mol. The Morgan fingerprint density at radius 2 is 1.61 bits per heavy atom. The molecule has 2 fully saturated rings. The first-order valence-corrected chi connectivity index (χ1v) is 10.6. The minimum Gasteiger partial charge on any atom is -0.508 e. The summed E-state index contributed by atoms with van der Waals surface area (Å²) in [5.41, 5.74) is 8.56. The van der Waals surface area contributed by atoms with Gasteiger partial charge >= 0.3 is 0 Å². The molecule has 162 valence electrons. The summed E-state index contributed by atoms with van der Waals surface area (Å²) < 4.78 is 11.0. The number of aromatic hydroxyl groups is 1. The van der Waals surface area contributed by atoms with Crippen molar-refractivity contribution in [3.63, 3.8) is 0 Å². The number of fused-ring (bicyclic) bond motifs is 1. The minimum absolute atomic E-state index is 0.185. The predicted octanol–water partition coefficient (Wildman–Crippen LogP) is 3.14. The van der Waals surface area contributed by atoms with Crippen LogP contribution in [0.4, 0.5) is 17.2 Å². The summed E-state index contributed by atoms with van der Waals surface area (Å²) in [4.78, 5) is 14.4. The number of ether oxygens (including phenoxy) is 2. The van der Waals surface area contributed by atoms with Crippen LogP contribution in [0.3, 0.4) is 0 Å². The van der Waals surface area contributed by atoms with E-state index in [2.05, 4.69) is 9.80 Å². The van der Waals surface area contributed by atoms with Crippen LogP contribution in [0.5, 0.6) is 17.2 Å². The zero-order valence-electron chi connectivity index (χ0n) is 17.8. The van der Waals surface area contributed by atoms with Crippen molar-refractivity contribution in [1.29, 1.82) is 0 Å². The van der Waals surface area contributed by atoms with E-state index < -0.39 is 0 Å². The van der Waals surface area contributed by atoms with E-state index in [9.17, 15) is 5.11 Å². The lowest BCUT2D eigenvalue weighted by Crippen LogP contribution is -2.47. The van der Waals surface area contributed by atoms with E-state index in [1.54, 1.807) is 26.4 Å². The van der Waals surface area contributed by atoms with Crippen molar-refractivity contribution in [2.75, 3.05) is 55.9 Å². The summed E-state index contributed by atoms with van der Waals surface area (Å²) >= 11 is 0. The molecule has 5 rings (SSSR count). The number of aromatic nitrogens is 2. The van der Waals surface area contributed by atoms with Gasteiger partial charge in [-0.25, -0.2) is 9.97 Å². The molecule has 0 bridgehead atoms. The highest BCUT2D eigenvalue weighted by atomic mass is 16.5. The minimum atomic E-state index is 0.185. The Kier molecular flexibility index (Phi) is 4.84. The Morgan fingerprint density at radius 3 is 2.26 bits per heavy atom. The summed E-state index contributed by atoms with van der Waals surface area (Å²) in [7, 11) is 3.28. The maximum atomic E-state index is 9.64. The molecule has 0 spiro atoms. The number of nitrogen functional groups attached to an aromatic ring is 1. The molecular weight excluding hydrogens is 394 g/mol. The first kappa shape index (κ1) is 19.5. The van der Waals surface area contributed by atoms with Gasteiger partial charge in [-0.05, 0) is 31.0 Å². The summed E-state index contributed by atoms with van der Waals surface area (Å²) in [5.74, 6) is 3.85. The lowest BCUT2D eigenvalue weighted by atomic mass is 10.1. The van der Waals surface area contributed by atoms with Gasteiger partial charge in [0.25, 0.3) is 0 Å². The number of hydrogen-bond donors (Lipinski definition) is 2. The number of nitrogens with zero attached hydrogens (tertiary/aromatic N) is 4. The lowest BCUT2D eigenvalue weighted by molar-refractivity contribution is 0.355. The van der Waals surface area contributed by atoms with Crippen molar-refractivity contribution < 1.29 is 14.6 Å². The highest BCUT2D eigenvalue weighted by Gasteiger charge is 2.30. The zero-order valence-corrected chi connectivity index (χ0v) is 17.8. The van der Waals surface area contributed by atoms with Crippen LogP contribution >= 0.6 is 0 Å². The van der Waals surface area contributed by atoms with Crippen LogP contribution in [0.15, 0.2) is 30.3 Å². The fraction of sp³-hybridized carbons (Fsp3) is 0.391. The van der Waals surface area contributed by atoms with Gasteiger partial charge in [0, 0.05) is 49.6 Å². The van der Waals surface area contributed by atoms with E-state index in [4.69, 9.17) is 25.2 Å². The molecule has 1 saturated heterocycles. The molecule has 1 aliphatic carbocycles. The molecule has 0 amide bonds. The summed E-state index contributed by atoms with van der Waals surface area (Å²) in [5, 5.41) is 10.6. The second-order valence-corrected chi connectivity index (χ2v) is 8.12. The van der Waals surface area contributed by atoms with Gasteiger partial charge in [-0.1, -0.05) is 0 Å². The number of phenols is 1. The largest absolute Gasteiger partial charge is 0.508 e. The quantitative estimate of drug-likeness (QED) is 0.607. The first-order chi connectivity index (χ1) is 15.1. The molecule has 3 aromatic rings. The van der Waals surface area contributed by atoms with Gasteiger partial charge in [-0.3, -0.25) is 0 Å². The Balaban J connectivity index is 1.48. The normalized spacial score (nSPS) is 16.6. The van der Waals surface area contributed by atoms with Crippen LogP contribution < -0.4 is 25.0 Å². The van der Waals surface area contributed by atoms with Crippen LogP contribution in [0.1, 0.15) is 24.6 Å². The molecule has 2 aromatic carbocycles. The van der Waals surface area contributed by atoms with Gasteiger partial charge in [0.1, 0.15) is 17.4 Å². The summed E-state index contributed by atoms with van der Waals surface area (Å²) in [6.07, 6.45) is 2.29. The van der Waals surface area contributed by atoms with Crippen LogP contribution in [0.25, 0.3) is 10.9 Å². The van der Waals surface area contributed by atoms with E-state index in [1.807, 2.05) is 18.2 Å². The fourth-order valence-corrected chi connectivity index (χ4v) is 4.21. The monoisotopic (exact) mass is 421 g/mol. The first-order valence-electron chi connectivity index (χ1n) is 10.6. The molecule has 1 saturated carbocycles. The number of anilines is 3. The third kappa shape index (κ3) is 3.62. The van der Waals surface area contributed by atoms with Gasteiger partial charge in [0.05, 0.1) is 31.1 Å². The Labute approximate surface area is 181 Å². The number of hydrogen-bond acceptors (Lipinski definition) is 8. The zero-order chi connectivity index (χ0) is 21.5. The molecule has 0 atom stereocenters. The summed E-state index contributed by atoms with van der Waals surface area (Å²) in [6.45, 7) is 3.24. The maximum Gasteiger partial charge on any atom is 0.162 e. The molecule has 8 nitrogen and oxygen atoms in total. The number of phenolic OH excluding ortho intramolecular Hbond substituents is 1. The van der Waals surface area contributed by atoms with Crippen LogP contribution in [-0.4, -0.2) is 55.5 Å². The van der Waals surface area contributed by atoms with Gasteiger partial charge in [-0.2, -0.15) is 0 Å². The second-order valence-electron chi connectivity index (χ2n) is 8.12. The van der Waals surface area contributed by atoms with Crippen molar-refractivity contribution in [1.82, 2.24) is 9.97 Å². The van der Waals surface area contributed by atoms with Crippen LogP contribution in [0.2, 0.25) is 0 Å². The lowest BCUT2D eigenvalue weighted by Gasteiger charge is -2.37. The van der Waals surface area contributed by atoms with Crippen LogP contribution in [0, 0.1) is 0 Å². The molecule has 0 unspecified atom stereocenters.